The molecule has 1 N–H and O–H groups in total. The summed E-state index contributed by atoms with van der Waals surface area (Å²) in [6, 6.07) is 17.0. The van der Waals surface area contributed by atoms with Crippen molar-refractivity contribution in [2.45, 2.75) is 23.5 Å². The standard InChI is InChI=1S/C22H19NO4S/c1-13-11-17(24)21(22(25)27-13)16-12-20(14-7-3-5-9-18(14)26-2)28-19-10-6-4-8-15(19)23-16/h3-11,20,24H,12H2,1-2H3. The summed E-state index contributed by atoms with van der Waals surface area (Å²) >= 11 is 1.66. The van der Waals surface area contributed by atoms with Crippen molar-refractivity contribution in [3.05, 3.63) is 81.9 Å². The van der Waals surface area contributed by atoms with E-state index in [-0.39, 0.29) is 16.6 Å². The molecular formula is C22H19NO4S. The Morgan fingerprint density at radius 3 is 2.71 bits per heavy atom. The van der Waals surface area contributed by atoms with E-state index >= 15 is 0 Å². The molecule has 0 saturated heterocycles. The van der Waals surface area contributed by atoms with Gasteiger partial charge in [0.1, 0.15) is 22.8 Å². The molecule has 0 spiro atoms. The number of methoxy groups -OCH3 is 1. The van der Waals surface area contributed by atoms with Gasteiger partial charge in [-0.25, -0.2) is 4.79 Å². The van der Waals surface area contributed by atoms with Crippen LogP contribution in [0.4, 0.5) is 5.69 Å². The third-order valence-electron chi connectivity index (χ3n) is 4.60. The number of hydrogen-bond acceptors (Lipinski definition) is 6. The Kier molecular flexibility index (Phi) is 4.96. The minimum atomic E-state index is -0.584. The van der Waals surface area contributed by atoms with Crippen LogP contribution in [0.5, 0.6) is 11.5 Å². The third-order valence-corrected chi connectivity index (χ3v) is 5.90. The quantitative estimate of drug-likeness (QED) is 0.676. The van der Waals surface area contributed by atoms with Crippen LogP contribution in [0.2, 0.25) is 0 Å². The average molecular weight is 393 g/mol. The van der Waals surface area contributed by atoms with Gasteiger partial charge in [-0.05, 0) is 25.1 Å². The molecule has 1 unspecified atom stereocenters. The normalized spacial score (nSPS) is 16.1. The molecule has 0 amide bonds. The summed E-state index contributed by atoms with van der Waals surface area (Å²) in [6.07, 6.45) is 0.446. The maximum Gasteiger partial charge on any atom is 0.348 e. The number of aryl methyl sites for hydroxylation is 1. The maximum atomic E-state index is 12.5. The summed E-state index contributed by atoms with van der Waals surface area (Å²) in [6.45, 7) is 1.63. The number of benzene rings is 2. The van der Waals surface area contributed by atoms with Crippen molar-refractivity contribution < 1.29 is 14.3 Å². The number of rotatable bonds is 3. The predicted molar refractivity (Wildman–Crippen MR) is 110 cm³/mol. The Morgan fingerprint density at radius 1 is 1.18 bits per heavy atom. The number of hydrogen-bond donors (Lipinski definition) is 1. The van der Waals surface area contributed by atoms with Gasteiger partial charge in [-0.1, -0.05) is 30.3 Å². The van der Waals surface area contributed by atoms with Crippen LogP contribution in [0, 0.1) is 6.92 Å². The zero-order valence-electron chi connectivity index (χ0n) is 15.5. The lowest BCUT2D eigenvalue weighted by Crippen LogP contribution is -2.17. The highest BCUT2D eigenvalue weighted by atomic mass is 32.2. The first-order valence-electron chi connectivity index (χ1n) is 8.87. The van der Waals surface area contributed by atoms with Gasteiger partial charge in [0.05, 0.1) is 18.5 Å². The van der Waals surface area contributed by atoms with Gasteiger partial charge in [-0.3, -0.25) is 4.99 Å². The first kappa shape index (κ1) is 18.4. The average Bonchev–Trinajstić information content (AvgIpc) is 2.86. The highest BCUT2D eigenvalue weighted by Crippen LogP contribution is 2.47. The van der Waals surface area contributed by atoms with Gasteiger partial charge in [0.15, 0.2) is 0 Å². The molecule has 1 atom stereocenters. The minimum absolute atomic E-state index is 0.0429. The second-order valence-electron chi connectivity index (χ2n) is 6.48. The second-order valence-corrected chi connectivity index (χ2v) is 7.73. The van der Waals surface area contributed by atoms with Crippen LogP contribution in [0.25, 0.3) is 0 Å². The molecule has 0 bridgehead atoms. The molecule has 2 heterocycles. The number of nitrogens with zero attached hydrogens (tertiary/aromatic N) is 1. The van der Waals surface area contributed by atoms with E-state index < -0.39 is 5.63 Å². The molecule has 142 valence electrons. The van der Waals surface area contributed by atoms with Crippen molar-refractivity contribution in [3.63, 3.8) is 0 Å². The van der Waals surface area contributed by atoms with Crippen LogP contribution >= 0.6 is 11.8 Å². The van der Waals surface area contributed by atoms with Gasteiger partial charge >= 0.3 is 5.63 Å². The van der Waals surface area contributed by atoms with E-state index in [2.05, 4.69) is 0 Å². The summed E-state index contributed by atoms with van der Waals surface area (Å²) in [7, 11) is 1.64. The minimum Gasteiger partial charge on any atom is -0.507 e. The van der Waals surface area contributed by atoms with Gasteiger partial charge in [0, 0.05) is 28.2 Å². The summed E-state index contributed by atoms with van der Waals surface area (Å²) < 4.78 is 10.8. The van der Waals surface area contributed by atoms with Crippen LogP contribution < -0.4 is 10.4 Å². The summed E-state index contributed by atoms with van der Waals surface area (Å²) in [5, 5.41) is 10.4. The van der Waals surface area contributed by atoms with Gasteiger partial charge in [0.25, 0.3) is 0 Å². The van der Waals surface area contributed by atoms with Crippen LogP contribution in [0.1, 0.15) is 28.6 Å². The van der Waals surface area contributed by atoms with Crippen molar-refractivity contribution in [3.8, 4) is 11.5 Å². The predicted octanol–water partition coefficient (Wildman–Crippen LogP) is 5.02. The number of para-hydroxylation sites is 2. The highest BCUT2D eigenvalue weighted by molar-refractivity contribution is 7.99. The van der Waals surface area contributed by atoms with Crippen LogP contribution in [0.15, 0.2) is 73.7 Å². The van der Waals surface area contributed by atoms with E-state index in [0.717, 1.165) is 21.9 Å². The van der Waals surface area contributed by atoms with E-state index in [1.807, 2.05) is 48.5 Å². The van der Waals surface area contributed by atoms with Crippen molar-refractivity contribution in [1.82, 2.24) is 0 Å². The van der Waals surface area contributed by atoms with Crippen LogP contribution in [0.3, 0.4) is 0 Å². The zero-order valence-corrected chi connectivity index (χ0v) is 16.3. The molecule has 0 fully saturated rings. The van der Waals surface area contributed by atoms with Gasteiger partial charge in [0.2, 0.25) is 0 Å². The van der Waals surface area contributed by atoms with Gasteiger partial charge in [-0.15, -0.1) is 11.8 Å². The molecule has 0 aliphatic carbocycles. The Balaban J connectivity index is 1.89. The molecule has 0 radical (unpaired) electrons. The Bertz CT molecular complexity index is 1120. The smallest absolute Gasteiger partial charge is 0.348 e. The lowest BCUT2D eigenvalue weighted by molar-refractivity contribution is 0.409. The Labute approximate surface area is 166 Å². The lowest BCUT2D eigenvalue weighted by atomic mass is 10.0. The number of thioether (sulfide) groups is 1. The van der Waals surface area contributed by atoms with Gasteiger partial charge in [-0.2, -0.15) is 0 Å². The van der Waals surface area contributed by atoms with E-state index in [9.17, 15) is 9.90 Å². The fourth-order valence-electron chi connectivity index (χ4n) is 3.34. The molecule has 0 saturated carbocycles. The highest BCUT2D eigenvalue weighted by Gasteiger charge is 2.27. The SMILES string of the molecule is COc1ccccc1C1CC(c2c(O)cc(C)oc2=O)=Nc2ccccc2S1. The molecule has 1 aliphatic heterocycles. The first-order valence-corrected chi connectivity index (χ1v) is 9.75. The van der Waals surface area contributed by atoms with E-state index in [1.165, 1.54) is 6.07 Å². The van der Waals surface area contributed by atoms with E-state index in [1.54, 1.807) is 25.8 Å². The van der Waals surface area contributed by atoms with E-state index in [4.69, 9.17) is 14.1 Å². The molecule has 4 rings (SSSR count). The molecule has 2 aromatic carbocycles. The van der Waals surface area contributed by atoms with Gasteiger partial charge < -0.3 is 14.3 Å². The van der Waals surface area contributed by atoms with Crippen molar-refractivity contribution in [1.29, 1.82) is 0 Å². The van der Waals surface area contributed by atoms with Crippen molar-refractivity contribution in [2.24, 2.45) is 4.99 Å². The summed E-state index contributed by atoms with van der Waals surface area (Å²) in [5.41, 5.74) is 1.80. The fraction of sp³-hybridized carbons (Fsp3) is 0.182. The maximum absolute atomic E-state index is 12.5. The Hall–Kier alpha value is -2.99. The number of ether oxygens (including phenoxy) is 1. The molecule has 5 nitrogen and oxygen atoms in total. The molecule has 1 aromatic heterocycles. The molecule has 6 heteroatoms. The summed E-state index contributed by atoms with van der Waals surface area (Å²) in [4.78, 5) is 18.2. The fourth-order valence-corrected chi connectivity index (χ4v) is 4.60. The molecule has 1 aliphatic rings. The summed E-state index contributed by atoms with van der Waals surface area (Å²) in [5.74, 6) is 1.02. The van der Waals surface area contributed by atoms with E-state index in [0.29, 0.717) is 17.9 Å². The zero-order chi connectivity index (χ0) is 19.7. The molecule has 3 aromatic rings. The number of aromatic hydroxyl groups is 1. The number of fused-ring (bicyclic) bond motifs is 1. The number of aliphatic imine (C=N–C) groups is 1. The molecule has 28 heavy (non-hydrogen) atoms. The molecular weight excluding hydrogens is 374 g/mol. The topological polar surface area (TPSA) is 72.0 Å². The third kappa shape index (κ3) is 3.43. The lowest BCUT2D eigenvalue weighted by Gasteiger charge is -2.18. The van der Waals surface area contributed by atoms with Crippen LogP contribution in [-0.2, 0) is 0 Å². The van der Waals surface area contributed by atoms with Crippen LogP contribution in [-0.4, -0.2) is 17.9 Å². The first-order chi connectivity index (χ1) is 13.6. The van der Waals surface area contributed by atoms with Crippen molar-refractivity contribution >= 4 is 23.2 Å². The van der Waals surface area contributed by atoms with Crippen molar-refractivity contribution in [2.75, 3.05) is 7.11 Å². The Morgan fingerprint density at radius 2 is 1.93 bits per heavy atom. The second kappa shape index (κ2) is 7.56. The monoisotopic (exact) mass is 393 g/mol. The largest absolute Gasteiger partial charge is 0.507 e.